The Morgan fingerprint density at radius 2 is 2.00 bits per heavy atom. The van der Waals surface area contributed by atoms with Gasteiger partial charge in [0.15, 0.2) is 0 Å². The van der Waals surface area contributed by atoms with Crippen molar-refractivity contribution in [3.8, 4) is 0 Å². The number of nitrogens with zero attached hydrogens (tertiary/aromatic N) is 1. The first-order chi connectivity index (χ1) is 6.68. The Balaban J connectivity index is 2.21. The summed E-state index contributed by atoms with van der Waals surface area (Å²) in [6.45, 7) is 10.9. The van der Waals surface area contributed by atoms with Gasteiger partial charge in [-0.25, -0.2) is 0 Å². The average Bonchev–Trinajstić information content (AvgIpc) is 2.73. The van der Waals surface area contributed by atoms with Crippen LogP contribution in [0.4, 0.5) is 0 Å². The highest BCUT2D eigenvalue weighted by Gasteiger charge is 2.16. The lowest BCUT2D eigenvalue weighted by atomic mass is 10.2. The lowest BCUT2D eigenvalue weighted by molar-refractivity contribution is 0.494. The van der Waals surface area contributed by atoms with Crippen molar-refractivity contribution in [2.75, 3.05) is 13.1 Å². The Kier molecular flexibility index (Phi) is 2.64. The van der Waals surface area contributed by atoms with Gasteiger partial charge in [-0.3, -0.25) is 0 Å². The molecule has 76 valence electrons. The van der Waals surface area contributed by atoms with Crippen LogP contribution in [0, 0.1) is 13.8 Å². The molecule has 0 saturated carbocycles. The molecule has 1 nitrogen and oxygen atoms in total. The molecule has 1 fully saturated rings. The molecular weight excluding hydrogens is 190 g/mol. The number of thiophene rings is 1. The van der Waals surface area contributed by atoms with Crippen LogP contribution in [0.15, 0.2) is 12.6 Å². The number of hydrogen-bond acceptors (Lipinski definition) is 2. The predicted octanol–water partition coefficient (Wildman–Crippen LogP) is 3.43. The third-order valence-electron chi connectivity index (χ3n) is 2.84. The van der Waals surface area contributed by atoms with Gasteiger partial charge in [0.2, 0.25) is 0 Å². The molecule has 2 rings (SSSR count). The molecular formula is C12H17NS. The monoisotopic (exact) mass is 207 g/mol. The van der Waals surface area contributed by atoms with Crippen LogP contribution in [0.5, 0.6) is 0 Å². The lowest BCUT2D eigenvalue weighted by Crippen LogP contribution is -2.16. The van der Waals surface area contributed by atoms with Crippen molar-refractivity contribution in [2.24, 2.45) is 0 Å². The van der Waals surface area contributed by atoms with Crippen LogP contribution in [0.3, 0.4) is 0 Å². The molecule has 0 N–H and O–H groups in total. The molecule has 14 heavy (non-hydrogen) atoms. The van der Waals surface area contributed by atoms with Crippen LogP contribution < -0.4 is 0 Å². The molecule has 1 aromatic rings. The second kappa shape index (κ2) is 3.77. The maximum absolute atomic E-state index is 4.21. The number of aryl methyl sites for hydroxylation is 2. The molecule has 1 saturated heterocycles. The van der Waals surface area contributed by atoms with E-state index in [-0.39, 0.29) is 0 Å². The van der Waals surface area contributed by atoms with Crippen LogP contribution in [0.2, 0.25) is 0 Å². The normalized spacial score (nSPS) is 16.3. The summed E-state index contributed by atoms with van der Waals surface area (Å²) in [5.74, 6) is 0. The Bertz CT molecular complexity index is 345. The van der Waals surface area contributed by atoms with Gasteiger partial charge < -0.3 is 4.90 Å². The van der Waals surface area contributed by atoms with Gasteiger partial charge in [-0.1, -0.05) is 6.58 Å². The zero-order valence-corrected chi connectivity index (χ0v) is 9.78. The minimum atomic E-state index is 1.19. The summed E-state index contributed by atoms with van der Waals surface area (Å²) in [6, 6.07) is 2.26. The van der Waals surface area contributed by atoms with E-state index in [9.17, 15) is 0 Å². The van der Waals surface area contributed by atoms with E-state index in [4.69, 9.17) is 0 Å². The van der Waals surface area contributed by atoms with Crippen LogP contribution in [0.25, 0.3) is 5.70 Å². The first-order valence-corrected chi connectivity index (χ1v) is 6.01. The Labute approximate surface area is 90.1 Å². The summed E-state index contributed by atoms with van der Waals surface area (Å²) in [4.78, 5) is 5.20. The Morgan fingerprint density at radius 3 is 2.50 bits per heavy atom. The van der Waals surface area contributed by atoms with E-state index < -0.39 is 0 Å². The van der Waals surface area contributed by atoms with E-state index >= 15 is 0 Å². The van der Waals surface area contributed by atoms with E-state index in [1.54, 1.807) is 0 Å². The van der Waals surface area contributed by atoms with Gasteiger partial charge in [0.25, 0.3) is 0 Å². The maximum atomic E-state index is 4.21. The molecule has 0 radical (unpaired) electrons. The van der Waals surface area contributed by atoms with Crippen LogP contribution in [-0.4, -0.2) is 18.0 Å². The molecule has 0 amide bonds. The van der Waals surface area contributed by atoms with E-state index in [1.807, 2.05) is 11.3 Å². The summed E-state index contributed by atoms with van der Waals surface area (Å²) in [6.07, 6.45) is 2.64. The SMILES string of the molecule is C=C(c1cc(C)sc1C)N1CCCC1. The van der Waals surface area contributed by atoms with Crippen LogP contribution in [0.1, 0.15) is 28.2 Å². The first-order valence-electron chi connectivity index (χ1n) is 5.20. The van der Waals surface area contributed by atoms with E-state index in [0.29, 0.717) is 0 Å². The fourth-order valence-corrected chi connectivity index (χ4v) is 3.02. The molecule has 0 aliphatic carbocycles. The highest BCUT2D eigenvalue weighted by atomic mass is 32.1. The molecule has 0 unspecified atom stereocenters. The molecule has 2 heteroatoms. The Hall–Kier alpha value is -0.760. The lowest BCUT2D eigenvalue weighted by Gasteiger charge is -2.20. The smallest absolute Gasteiger partial charge is 0.0378 e. The fraction of sp³-hybridized carbons (Fsp3) is 0.500. The molecule has 2 heterocycles. The predicted molar refractivity (Wildman–Crippen MR) is 63.6 cm³/mol. The second-order valence-electron chi connectivity index (χ2n) is 3.97. The largest absolute Gasteiger partial charge is 0.371 e. The number of rotatable bonds is 2. The Morgan fingerprint density at radius 1 is 1.36 bits per heavy atom. The first kappa shape index (κ1) is 9.78. The van der Waals surface area contributed by atoms with Gasteiger partial charge in [0.1, 0.15) is 0 Å². The van der Waals surface area contributed by atoms with Crippen molar-refractivity contribution in [3.05, 3.63) is 28.0 Å². The van der Waals surface area contributed by atoms with E-state index in [0.717, 1.165) is 0 Å². The quantitative estimate of drug-likeness (QED) is 0.718. The van der Waals surface area contributed by atoms with Gasteiger partial charge in [0.05, 0.1) is 0 Å². The molecule has 0 bridgehead atoms. The summed E-state index contributed by atoms with van der Waals surface area (Å²) >= 11 is 1.87. The van der Waals surface area contributed by atoms with Gasteiger partial charge >= 0.3 is 0 Å². The third kappa shape index (κ3) is 1.71. The molecule has 0 atom stereocenters. The maximum Gasteiger partial charge on any atom is 0.0378 e. The number of hydrogen-bond donors (Lipinski definition) is 0. The topological polar surface area (TPSA) is 3.24 Å². The van der Waals surface area contributed by atoms with Crippen molar-refractivity contribution < 1.29 is 0 Å². The summed E-state index contributed by atoms with van der Waals surface area (Å²) in [5, 5.41) is 0. The molecule has 1 aliphatic rings. The van der Waals surface area contributed by atoms with Crippen molar-refractivity contribution in [1.82, 2.24) is 4.90 Å². The van der Waals surface area contributed by atoms with Gasteiger partial charge in [-0.05, 0) is 32.8 Å². The van der Waals surface area contributed by atoms with Crippen molar-refractivity contribution in [3.63, 3.8) is 0 Å². The second-order valence-corrected chi connectivity index (χ2v) is 5.43. The molecule has 1 aliphatic heterocycles. The fourth-order valence-electron chi connectivity index (χ4n) is 2.07. The summed E-state index contributed by atoms with van der Waals surface area (Å²) in [7, 11) is 0. The highest BCUT2D eigenvalue weighted by molar-refractivity contribution is 7.12. The summed E-state index contributed by atoms with van der Waals surface area (Å²) < 4.78 is 0. The number of likely N-dealkylation sites (tertiary alicyclic amines) is 1. The summed E-state index contributed by atoms with van der Waals surface area (Å²) in [5.41, 5.74) is 2.58. The van der Waals surface area contributed by atoms with Gasteiger partial charge in [-0.2, -0.15) is 0 Å². The average molecular weight is 207 g/mol. The van der Waals surface area contributed by atoms with Crippen LogP contribution >= 0.6 is 11.3 Å². The van der Waals surface area contributed by atoms with Crippen molar-refractivity contribution in [2.45, 2.75) is 26.7 Å². The highest BCUT2D eigenvalue weighted by Crippen LogP contribution is 2.29. The molecule has 0 aromatic carbocycles. The minimum Gasteiger partial charge on any atom is -0.371 e. The third-order valence-corrected chi connectivity index (χ3v) is 3.81. The molecule has 0 spiro atoms. The standard InChI is InChI=1S/C12H17NS/c1-9-8-12(11(3)14-9)10(2)13-6-4-5-7-13/h8H,2,4-7H2,1,3H3. The zero-order chi connectivity index (χ0) is 10.1. The van der Waals surface area contributed by atoms with Crippen molar-refractivity contribution in [1.29, 1.82) is 0 Å². The van der Waals surface area contributed by atoms with Crippen molar-refractivity contribution >= 4 is 17.0 Å². The van der Waals surface area contributed by atoms with E-state index in [1.165, 1.54) is 46.9 Å². The minimum absolute atomic E-state index is 1.19. The zero-order valence-electron chi connectivity index (χ0n) is 8.97. The molecule has 1 aromatic heterocycles. The van der Waals surface area contributed by atoms with Crippen LogP contribution in [-0.2, 0) is 0 Å². The van der Waals surface area contributed by atoms with E-state index in [2.05, 4.69) is 31.4 Å². The van der Waals surface area contributed by atoms with Gasteiger partial charge in [0, 0.05) is 34.1 Å². The van der Waals surface area contributed by atoms with Gasteiger partial charge in [-0.15, -0.1) is 11.3 Å².